The van der Waals surface area contributed by atoms with E-state index in [-0.39, 0.29) is 23.6 Å². The van der Waals surface area contributed by atoms with Gasteiger partial charge >= 0.3 is 0 Å². The molecule has 32 heavy (non-hydrogen) atoms. The predicted octanol–water partition coefficient (Wildman–Crippen LogP) is 4.31. The summed E-state index contributed by atoms with van der Waals surface area (Å²) in [6.45, 7) is 5.42. The van der Waals surface area contributed by atoms with Gasteiger partial charge in [0.2, 0.25) is 5.91 Å². The van der Waals surface area contributed by atoms with Gasteiger partial charge in [-0.15, -0.1) is 10.2 Å². The zero-order valence-electron chi connectivity index (χ0n) is 18.3. The molecule has 2 aromatic carbocycles. The Morgan fingerprint density at radius 1 is 1.09 bits per heavy atom. The number of hydrogen-bond donors (Lipinski definition) is 1. The van der Waals surface area contributed by atoms with Crippen LogP contribution in [0.1, 0.15) is 47.6 Å². The molecule has 1 aliphatic rings. The molecule has 2 heterocycles. The maximum absolute atomic E-state index is 13.1. The van der Waals surface area contributed by atoms with Gasteiger partial charge < -0.3 is 14.8 Å². The molecule has 1 N–H and O–H groups in total. The minimum atomic E-state index is -0.108. The zero-order valence-corrected chi connectivity index (χ0v) is 19.1. The number of hydrogen-bond acceptors (Lipinski definition) is 5. The molecule has 0 bridgehead atoms. The van der Waals surface area contributed by atoms with Crippen molar-refractivity contribution in [3.8, 4) is 0 Å². The minimum Gasteiger partial charge on any atom is -0.328 e. The highest BCUT2D eigenvalue weighted by atomic mass is 32.2. The lowest BCUT2D eigenvalue weighted by atomic mass is 10.1. The van der Waals surface area contributed by atoms with Crippen molar-refractivity contribution >= 4 is 29.3 Å². The Balaban J connectivity index is 1.46. The first kappa shape index (κ1) is 22.1. The first-order chi connectivity index (χ1) is 15.6. The summed E-state index contributed by atoms with van der Waals surface area (Å²) in [4.78, 5) is 27.4. The number of anilines is 1. The van der Waals surface area contributed by atoms with Crippen molar-refractivity contribution in [1.82, 2.24) is 19.7 Å². The van der Waals surface area contributed by atoms with Crippen LogP contribution in [0.3, 0.4) is 0 Å². The third kappa shape index (κ3) is 4.85. The van der Waals surface area contributed by atoms with Crippen molar-refractivity contribution in [2.75, 3.05) is 17.6 Å². The topological polar surface area (TPSA) is 80.1 Å². The van der Waals surface area contributed by atoms with Crippen molar-refractivity contribution in [3.05, 3.63) is 71.5 Å². The highest BCUT2D eigenvalue weighted by Gasteiger charge is 2.34. The van der Waals surface area contributed by atoms with Crippen molar-refractivity contribution in [2.45, 2.75) is 44.4 Å². The summed E-state index contributed by atoms with van der Waals surface area (Å²) in [5.41, 5.74) is 2.59. The Hall–Kier alpha value is -3.13. The van der Waals surface area contributed by atoms with Gasteiger partial charge in [0.15, 0.2) is 11.0 Å². The van der Waals surface area contributed by atoms with Crippen LogP contribution in [0, 0.1) is 6.92 Å². The molecular formula is C24H27N5O2S. The van der Waals surface area contributed by atoms with E-state index in [2.05, 4.69) is 15.5 Å². The van der Waals surface area contributed by atoms with E-state index in [9.17, 15) is 9.59 Å². The van der Waals surface area contributed by atoms with Crippen LogP contribution in [-0.2, 0) is 11.3 Å². The normalized spacial score (nSPS) is 15.7. The monoisotopic (exact) mass is 449 g/mol. The molecule has 8 heteroatoms. The molecule has 0 saturated carbocycles. The number of thioether (sulfide) groups is 1. The molecule has 1 atom stereocenters. The number of carbonyl (C=O) groups excluding carboxylic acids is 2. The number of aromatic nitrogens is 3. The largest absolute Gasteiger partial charge is 0.328 e. The van der Waals surface area contributed by atoms with Gasteiger partial charge in [0.25, 0.3) is 5.91 Å². The summed E-state index contributed by atoms with van der Waals surface area (Å²) in [5, 5.41) is 12.4. The molecule has 4 rings (SSSR count). The molecule has 1 saturated heterocycles. The van der Waals surface area contributed by atoms with Crippen LogP contribution in [-0.4, -0.2) is 43.8 Å². The van der Waals surface area contributed by atoms with Gasteiger partial charge in [0.05, 0.1) is 11.8 Å². The average Bonchev–Trinajstić information content (AvgIpc) is 3.45. The van der Waals surface area contributed by atoms with E-state index >= 15 is 0 Å². The number of nitrogens with zero attached hydrogens (tertiary/aromatic N) is 4. The highest BCUT2D eigenvalue weighted by molar-refractivity contribution is 7.99. The number of carbonyl (C=O) groups is 2. The average molecular weight is 450 g/mol. The fourth-order valence-corrected chi connectivity index (χ4v) is 4.75. The van der Waals surface area contributed by atoms with Crippen LogP contribution in [0.2, 0.25) is 0 Å². The summed E-state index contributed by atoms with van der Waals surface area (Å²) in [6, 6.07) is 17.0. The number of aryl methyl sites for hydroxylation is 1. The molecule has 3 aromatic rings. The molecule has 2 amide bonds. The predicted molar refractivity (Wildman–Crippen MR) is 126 cm³/mol. The Kier molecular flexibility index (Phi) is 6.90. The second kappa shape index (κ2) is 9.99. The van der Waals surface area contributed by atoms with E-state index in [4.69, 9.17) is 0 Å². The zero-order chi connectivity index (χ0) is 22.5. The smallest absolute Gasteiger partial charge is 0.254 e. The van der Waals surface area contributed by atoms with Crippen LogP contribution in [0.25, 0.3) is 0 Å². The van der Waals surface area contributed by atoms with Gasteiger partial charge in [0, 0.05) is 24.3 Å². The number of amides is 2. The molecule has 0 spiro atoms. The van der Waals surface area contributed by atoms with E-state index in [0.29, 0.717) is 23.8 Å². The third-order valence-electron chi connectivity index (χ3n) is 5.56. The van der Waals surface area contributed by atoms with E-state index < -0.39 is 0 Å². The van der Waals surface area contributed by atoms with Crippen LogP contribution < -0.4 is 5.32 Å². The molecular weight excluding hydrogens is 422 g/mol. The van der Waals surface area contributed by atoms with E-state index in [1.165, 1.54) is 11.8 Å². The lowest BCUT2D eigenvalue weighted by Gasteiger charge is -2.24. The first-order valence-corrected chi connectivity index (χ1v) is 11.8. The molecule has 166 valence electrons. The van der Waals surface area contributed by atoms with Crippen molar-refractivity contribution in [2.24, 2.45) is 0 Å². The molecule has 1 fully saturated rings. The standard InChI is InChI=1S/C24H27N5O2S/c1-3-28-22(20-10-7-15-29(20)23(31)18-13-11-17(2)12-14-18)26-27-24(28)32-16-21(30)25-19-8-5-4-6-9-19/h4-6,8-9,11-14,20H,3,7,10,15-16H2,1-2H3,(H,25,30). The number of benzene rings is 2. The van der Waals surface area contributed by atoms with E-state index in [1.807, 2.05) is 77.9 Å². The molecule has 7 nitrogen and oxygen atoms in total. The van der Waals surface area contributed by atoms with Crippen molar-refractivity contribution in [3.63, 3.8) is 0 Å². The van der Waals surface area contributed by atoms with Crippen LogP contribution in [0.5, 0.6) is 0 Å². The molecule has 0 aliphatic carbocycles. The summed E-state index contributed by atoms with van der Waals surface area (Å²) in [5.74, 6) is 0.959. The third-order valence-corrected chi connectivity index (χ3v) is 6.53. The molecule has 1 aliphatic heterocycles. The molecule has 1 aromatic heterocycles. The van der Waals surface area contributed by atoms with E-state index in [0.717, 1.165) is 29.9 Å². The lowest BCUT2D eigenvalue weighted by molar-refractivity contribution is -0.113. The lowest BCUT2D eigenvalue weighted by Crippen LogP contribution is -2.32. The number of likely N-dealkylation sites (tertiary alicyclic amines) is 1. The minimum absolute atomic E-state index is 0.0228. The number of rotatable bonds is 7. The van der Waals surface area contributed by atoms with Gasteiger partial charge in [-0.25, -0.2) is 0 Å². The second-order valence-electron chi connectivity index (χ2n) is 7.81. The van der Waals surface area contributed by atoms with Crippen molar-refractivity contribution in [1.29, 1.82) is 0 Å². The Labute approximate surface area is 192 Å². The summed E-state index contributed by atoms with van der Waals surface area (Å²) < 4.78 is 2.02. The highest BCUT2D eigenvalue weighted by Crippen LogP contribution is 2.34. The number of para-hydroxylation sites is 1. The van der Waals surface area contributed by atoms with Gasteiger partial charge in [-0.3, -0.25) is 9.59 Å². The maximum Gasteiger partial charge on any atom is 0.254 e. The Morgan fingerprint density at radius 2 is 1.84 bits per heavy atom. The second-order valence-corrected chi connectivity index (χ2v) is 8.75. The number of nitrogens with one attached hydrogen (secondary N) is 1. The fraction of sp³-hybridized carbons (Fsp3) is 0.333. The summed E-state index contributed by atoms with van der Waals surface area (Å²) in [6.07, 6.45) is 1.79. The van der Waals surface area contributed by atoms with Crippen LogP contribution >= 0.6 is 11.8 Å². The Bertz CT molecular complexity index is 1080. The van der Waals surface area contributed by atoms with Crippen LogP contribution in [0.15, 0.2) is 59.8 Å². The van der Waals surface area contributed by atoms with Crippen molar-refractivity contribution < 1.29 is 9.59 Å². The van der Waals surface area contributed by atoms with Gasteiger partial charge in [-0.1, -0.05) is 47.7 Å². The molecule has 0 radical (unpaired) electrons. The van der Waals surface area contributed by atoms with Gasteiger partial charge in [-0.05, 0) is 51.0 Å². The Morgan fingerprint density at radius 3 is 2.56 bits per heavy atom. The van der Waals surface area contributed by atoms with Gasteiger partial charge in [-0.2, -0.15) is 0 Å². The maximum atomic E-state index is 13.1. The fourth-order valence-electron chi connectivity index (χ4n) is 3.94. The summed E-state index contributed by atoms with van der Waals surface area (Å²) >= 11 is 1.36. The molecule has 1 unspecified atom stereocenters. The SMILES string of the molecule is CCn1c(SCC(=O)Nc2ccccc2)nnc1C1CCCN1C(=O)c1ccc(C)cc1. The quantitative estimate of drug-likeness (QED) is 0.544. The first-order valence-electron chi connectivity index (χ1n) is 10.8. The summed E-state index contributed by atoms with van der Waals surface area (Å²) in [7, 11) is 0. The van der Waals surface area contributed by atoms with Crippen LogP contribution in [0.4, 0.5) is 5.69 Å². The van der Waals surface area contributed by atoms with Gasteiger partial charge in [0.1, 0.15) is 0 Å². The van der Waals surface area contributed by atoms with E-state index in [1.54, 1.807) is 0 Å².